The molecule has 6 nitrogen and oxygen atoms in total. The third kappa shape index (κ3) is 7.65. The van der Waals surface area contributed by atoms with Gasteiger partial charge in [-0.15, -0.1) is 24.0 Å². The maximum absolute atomic E-state index is 13.0. The molecule has 0 unspecified atom stereocenters. The number of ether oxygens (including phenoxy) is 1. The minimum absolute atomic E-state index is 0. The molecule has 0 atom stereocenters. The third-order valence-corrected chi connectivity index (χ3v) is 5.21. The van der Waals surface area contributed by atoms with Crippen molar-refractivity contribution >= 4 is 35.8 Å². The van der Waals surface area contributed by atoms with E-state index in [2.05, 4.69) is 22.4 Å². The number of benzene rings is 2. The molecule has 0 saturated carbocycles. The van der Waals surface area contributed by atoms with Crippen LogP contribution in [0.1, 0.15) is 30.9 Å². The Hall–Kier alpha value is -2.36. The van der Waals surface area contributed by atoms with E-state index in [4.69, 9.17) is 4.74 Å². The second-order valence-electron chi connectivity index (χ2n) is 7.58. The number of amides is 1. The third-order valence-electron chi connectivity index (χ3n) is 5.21. The van der Waals surface area contributed by atoms with E-state index in [1.54, 1.807) is 12.1 Å². The van der Waals surface area contributed by atoms with Crippen LogP contribution in [0.4, 0.5) is 4.39 Å². The number of carbonyl (C=O) groups excluding carboxylic acids is 1. The quantitative estimate of drug-likeness (QED) is 0.220. The smallest absolute Gasteiger partial charge is 0.223 e. The maximum Gasteiger partial charge on any atom is 0.223 e. The molecule has 1 amide bonds. The van der Waals surface area contributed by atoms with Crippen LogP contribution in [0, 0.1) is 5.82 Å². The van der Waals surface area contributed by atoms with Crippen LogP contribution < -0.4 is 10.1 Å². The van der Waals surface area contributed by atoms with Gasteiger partial charge < -0.3 is 19.9 Å². The van der Waals surface area contributed by atoms with E-state index in [0.717, 1.165) is 12.5 Å². The van der Waals surface area contributed by atoms with Gasteiger partial charge in [0, 0.05) is 39.6 Å². The Morgan fingerprint density at radius 2 is 1.81 bits per heavy atom. The van der Waals surface area contributed by atoms with Crippen LogP contribution in [-0.4, -0.2) is 55.0 Å². The number of guanidine groups is 1. The molecule has 2 aromatic carbocycles. The van der Waals surface area contributed by atoms with Gasteiger partial charge in [0.2, 0.25) is 5.91 Å². The second-order valence-corrected chi connectivity index (χ2v) is 7.58. The van der Waals surface area contributed by atoms with Crippen molar-refractivity contribution in [3.8, 4) is 5.75 Å². The van der Waals surface area contributed by atoms with E-state index in [0.29, 0.717) is 51.4 Å². The molecule has 1 N–H and O–H groups in total. The molecule has 2 aromatic rings. The zero-order valence-electron chi connectivity index (χ0n) is 18.7. The summed E-state index contributed by atoms with van der Waals surface area (Å²) in [5.74, 6) is 1.32. The summed E-state index contributed by atoms with van der Waals surface area (Å²) in [7, 11) is 1.95. The molecule has 0 aromatic heterocycles. The lowest BCUT2D eigenvalue weighted by molar-refractivity contribution is -0.131. The average Bonchev–Trinajstić information content (AvgIpc) is 3.21. The van der Waals surface area contributed by atoms with Crippen LogP contribution in [0.5, 0.6) is 5.75 Å². The number of aliphatic imine (C=N–C) groups is 1. The Morgan fingerprint density at radius 1 is 1.16 bits per heavy atom. The highest BCUT2D eigenvalue weighted by Gasteiger charge is 2.22. The summed E-state index contributed by atoms with van der Waals surface area (Å²) >= 11 is 0. The van der Waals surface area contributed by atoms with E-state index in [9.17, 15) is 9.18 Å². The summed E-state index contributed by atoms with van der Waals surface area (Å²) in [6, 6.07) is 14.2. The van der Waals surface area contributed by atoms with Gasteiger partial charge in [0.1, 0.15) is 18.2 Å². The molecule has 8 heteroatoms. The molecule has 0 aliphatic carbocycles. The van der Waals surface area contributed by atoms with Crippen molar-refractivity contribution in [3.63, 3.8) is 0 Å². The molecule has 0 fully saturated rings. The summed E-state index contributed by atoms with van der Waals surface area (Å²) in [6.07, 6.45) is 1.20. The molecule has 0 saturated heterocycles. The van der Waals surface area contributed by atoms with Crippen molar-refractivity contribution in [1.82, 2.24) is 15.1 Å². The van der Waals surface area contributed by atoms with Crippen molar-refractivity contribution in [2.75, 3.05) is 33.3 Å². The fourth-order valence-electron chi connectivity index (χ4n) is 3.49. The van der Waals surface area contributed by atoms with Crippen LogP contribution in [0.25, 0.3) is 0 Å². The molecule has 32 heavy (non-hydrogen) atoms. The van der Waals surface area contributed by atoms with E-state index < -0.39 is 0 Å². The molecule has 0 spiro atoms. The highest BCUT2D eigenvalue weighted by Crippen LogP contribution is 2.22. The SMILES string of the molecule is CCNC(=NCCCC(=O)N1Cc2ccccc2C1)N(C)CCOc1ccc(F)cc1.I. The fraction of sp³-hybridized carbons (Fsp3) is 0.417. The Balaban J connectivity index is 0.00000363. The lowest BCUT2D eigenvalue weighted by Gasteiger charge is -2.22. The van der Waals surface area contributed by atoms with E-state index in [1.165, 1.54) is 23.3 Å². The molecule has 0 bridgehead atoms. The number of hydrogen-bond acceptors (Lipinski definition) is 3. The predicted octanol–water partition coefficient (Wildman–Crippen LogP) is 4.04. The van der Waals surface area contributed by atoms with Crippen LogP contribution in [0.3, 0.4) is 0 Å². The summed E-state index contributed by atoms with van der Waals surface area (Å²) in [4.78, 5) is 21.1. The van der Waals surface area contributed by atoms with Gasteiger partial charge in [-0.1, -0.05) is 24.3 Å². The van der Waals surface area contributed by atoms with Gasteiger partial charge in [0.25, 0.3) is 0 Å². The Morgan fingerprint density at radius 3 is 2.44 bits per heavy atom. The monoisotopic (exact) mass is 554 g/mol. The molecule has 1 heterocycles. The molecule has 3 rings (SSSR count). The number of likely N-dealkylation sites (N-methyl/N-ethyl adjacent to an activating group) is 1. The van der Waals surface area contributed by atoms with Crippen molar-refractivity contribution < 1.29 is 13.9 Å². The minimum Gasteiger partial charge on any atom is -0.492 e. The lowest BCUT2D eigenvalue weighted by atomic mass is 10.1. The van der Waals surface area contributed by atoms with E-state index >= 15 is 0 Å². The van der Waals surface area contributed by atoms with Gasteiger partial charge in [-0.25, -0.2) is 4.39 Å². The number of nitrogens with zero attached hydrogens (tertiary/aromatic N) is 3. The van der Waals surface area contributed by atoms with Crippen molar-refractivity contribution in [2.45, 2.75) is 32.9 Å². The fourth-order valence-corrected chi connectivity index (χ4v) is 3.49. The predicted molar refractivity (Wildman–Crippen MR) is 136 cm³/mol. The highest BCUT2D eigenvalue weighted by atomic mass is 127. The molecule has 1 aliphatic heterocycles. The first-order chi connectivity index (χ1) is 15.1. The summed E-state index contributed by atoms with van der Waals surface area (Å²) in [5, 5.41) is 3.27. The summed E-state index contributed by atoms with van der Waals surface area (Å²) in [5.41, 5.74) is 2.49. The number of hydrogen-bond donors (Lipinski definition) is 1. The van der Waals surface area contributed by atoms with Gasteiger partial charge in [-0.2, -0.15) is 0 Å². The number of halogens is 2. The Bertz CT molecular complexity index is 867. The molecule has 174 valence electrons. The largest absolute Gasteiger partial charge is 0.492 e. The average molecular weight is 554 g/mol. The first-order valence-corrected chi connectivity index (χ1v) is 10.8. The highest BCUT2D eigenvalue weighted by molar-refractivity contribution is 14.0. The summed E-state index contributed by atoms with van der Waals surface area (Å²) in [6.45, 7) is 5.86. The molecule has 1 aliphatic rings. The normalized spacial score (nSPS) is 12.7. The first-order valence-electron chi connectivity index (χ1n) is 10.8. The standard InChI is InChI=1S/C24H31FN4O2.HI/c1-3-26-24(28(2)15-16-31-22-12-10-21(25)11-13-22)27-14-6-9-23(30)29-17-19-7-4-5-8-20(19)18-29;/h4-5,7-8,10-13H,3,6,9,14-18H2,1-2H3,(H,26,27);1H. The number of fused-ring (bicyclic) bond motifs is 1. The Kier molecular flexibility index (Phi) is 10.7. The number of nitrogens with one attached hydrogen (secondary N) is 1. The number of rotatable bonds is 9. The van der Waals surface area contributed by atoms with Crippen molar-refractivity contribution in [1.29, 1.82) is 0 Å². The maximum atomic E-state index is 13.0. The Labute approximate surface area is 206 Å². The van der Waals surface area contributed by atoms with Gasteiger partial charge in [0.15, 0.2) is 5.96 Å². The molecular weight excluding hydrogens is 522 g/mol. The van der Waals surface area contributed by atoms with Crippen LogP contribution in [0.15, 0.2) is 53.5 Å². The number of carbonyl (C=O) groups is 1. The topological polar surface area (TPSA) is 57.2 Å². The second kappa shape index (κ2) is 13.2. The zero-order valence-corrected chi connectivity index (χ0v) is 21.1. The molecule has 0 radical (unpaired) electrons. The minimum atomic E-state index is -0.279. The van der Waals surface area contributed by atoms with Crippen molar-refractivity contribution in [3.05, 3.63) is 65.5 Å². The molecular formula is C24H32FIN4O2. The first kappa shape index (κ1) is 25.9. The van der Waals surface area contributed by atoms with Gasteiger partial charge in [0.05, 0.1) is 6.54 Å². The van der Waals surface area contributed by atoms with E-state index in [-0.39, 0.29) is 35.7 Å². The summed E-state index contributed by atoms with van der Waals surface area (Å²) < 4.78 is 18.6. The van der Waals surface area contributed by atoms with E-state index in [1.807, 2.05) is 35.9 Å². The van der Waals surface area contributed by atoms with Gasteiger partial charge >= 0.3 is 0 Å². The van der Waals surface area contributed by atoms with Crippen molar-refractivity contribution in [2.24, 2.45) is 4.99 Å². The van der Waals surface area contributed by atoms with Gasteiger partial charge in [-0.3, -0.25) is 9.79 Å². The lowest BCUT2D eigenvalue weighted by Crippen LogP contribution is -2.41. The van der Waals surface area contributed by atoms with Gasteiger partial charge in [-0.05, 0) is 48.7 Å². The van der Waals surface area contributed by atoms with Crippen LogP contribution in [-0.2, 0) is 17.9 Å². The van der Waals surface area contributed by atoms with Crippen LogP contribution in [0.2, 0.25) is 0 Å². The zero-order chi connectivity index (χ0) is 22.1. The van der Waals surface area contributed by atoms with Crippen LogP contribution >= 0.6 is 24.0 Å².